The minimum atomic E-state index is -1.22. The summed E-state index contributed by atoms with van der Waals surface area (Å²) in [7, 11) is 0. The Morgan fingerprint density at radius 2 is 1.29 bits per heavy atom. The minimum absolute atomic E-state index is 0.00403. The Labute approximate surface area is 407 Å². The number of nitrogens with one attached hydrogen (secondary N) is 2. The summed E-state index contributed by atoms with van der Waals surface area (Å²) in [5.41, 5.74) is 22.3. The molecule has 0 fully saturated rings. The first-order chi connectivity index (χ1) is 33.2. The third-order valence-electron chi connectivity index (χ3n) is 10.4. The molecule has 4 aromatic carbocycles. The molecular formula is C50H48ClN9O8S. The molecule has 0 radical (unpaired) electrons. The predicted molar refractivity (Wildman–Crippen MR) is 258 cm³/mol. The van der Waals surface area contributed by atoms with Gasteiger partial charge >= 0.3 is 11.9 Å². The van der Waals surface area contributed by atoms with Crippen LogP contribution in [0.1, 0.15) is 41.8 Å². The number of amides is 2. The molecule has 0 aliphatic rings. The number of oxazole rings is 1. The largest absolute Gasteiger partial charge is 0.490 e. The van der Waals surface area contributed by atoms with E-state index < -0.39 is 60.6 Å². The second-order valence-corrected chi connectivity index (χ2v) is 17.1. The number of nitrogens with zero attached hydrogens (tertiary/aromatic N) is 4. The lowest BCUT2D eigenvalue weighted by Crippen LogP contribution is -2.50. The molecule has 0 bridgehead atoms. The van der Waals surface area contributed by atoms with Crippen LogP contribution in [0.2, 0.25) is 5.02 Å². The molecule has 8 N–H and O–H groups in total. The van der Waals surface area contributed by atoms with Crippen molar-refractivity contribution in [2.75, 3.05) is 18.9 Å². The summed E-state index contributed by atoms with van der Waals surface area (Å²) >= 11 is 7.21. The SMILES string of the molecule is CC(NC(=O)[C@@H](N)Cc1ccccc1)C(=O)O[C@H](COC(=O)[C@H](C)NC(=O)[C@@H](N)Cc1ccccc1)COc1ccc(-c2c(C#N)c(N)nc(SCc3coc(-c4ccc(Cl)cc4)n3)c2C#N)cc1. The molecular weight excluding hydrogens is 922 g/mol. The average molecular weight is 971 g/mol. The lowest BCUT2D eigenvalue weighted by molar-refractivity contribution is -0.163. The van der Waals surface area contributed by atoms with Gasteiger partial charge in [0.05, 0.1) is 23.3 Å². The van der Waals surface area contributed by atoms with Crippen molar-refractivity contribution in [2.45, 2.75) is 67.7 Å². The van der Waals surface area contributed by atoms with Crippen LogP contribution in [0.15, 0.2) is 125 Å². The van der Waals surface area contributed by atoms with E-state index in [2.05, 4.69) is 32.7 Å². The average Bonchev–Trinajstić information content (AvgIpc) is 3.83. The maximum Gasteiger partial charge on any atom is 0.328 e. The molecule has 0 saturated carbocycles. The Kier molecular flexibility index (Phi) is 17.9. The molecule has 0 aliphatic heterocycles. The van der Waals surface area contributed by atoms with Gasteiger partial charge in [0.25, 0.3) is 0 Å². The Morgan fingerprint density at radius 3 is 1.86 bits per heavy atom. The van der Waals surface area contributed by atoms with Crippen LogP contribution in [0, 0.1) is 22.7 Å². The van der Waals surface area contributed by atoms with Crippen molar-refractivity contribution >= 4 is 52.9 Å². The molecule has 0 aliphatic carbocycles. The van der Waals surface area contributed by atoms with Crippen LogP contribution in [-0.4, -0.2) is 77.2 Å². The summed E-state index contributed by atoms with van der Waals surface area (Å²) in [6.45, 7) is 2.00. The highest BCUT2D eigenvalue weighted by atomic mass is 35.5. The van der Waals surface area contributed by atoms with Gasteiger partial charge in [-0.2, -0.15) is 10.5 Å². The first-order valence-electron chi connectivity index (χ1n) is 21.5. The molecule has 69 heavy (non-hydrogen) atoms. The molecule has 6 rings (SSSR count). The van der Waals surface area contributed by atoms with Gasteiger partial charge in [-0.25, -0.2) is 19.6 Å². The van der Waals surface area contributed by atoms with Crippen LogP contribution < -0.4 is 32.6 Å². The van der Waals surface area contributed by atoms with Crippen molar-refractivity contribution in [3.63, 3.8) is 0 Å². The Balaban J connectivity index is 1.13. The number of hydrogen-bond donors (Lipinski definition) is 5. The maximum atomic E-state index is 13.4. The van der Waals surface area contributed by atoms with Gasteiger partial charge in [-0.05, 0) is 79.8 Å². The van der Waals surface area contributed by atoms with Crippen molar-refractivity contribution in [1.82, 2.24) is 20.6 Å². The number of benzene rings is 4. The van der Waals surface area contributed by atoms with E-state index in [1.54, 1.807) is 48.5 Å². The second kappa shape index (κ2) is 24.3. The summed E-state index contributed by atoms with van der Waals surface area (Å²) in [4.78, 5) is 61.2. The van der Waals surface area contributed by atoms with E-state index in [1.165, 1.54) is 31.9 Å². The van der Waals surface area contributed by atoms with Crippen molar-refractivity contribution in [2.24, 2.45) is 11.5 Å². The zero-order valence-electron chi connectivity index (χ0n) is 37.5. The molecule has 2 heterocycles. The van der Waals surface area contributed by atoms with E-state index >= 15 is 0 Å². The molecule has 17 nitrogen and oxygen atoms in total. The quantitative estimate of drug-likeness (QED) is 0.0430. The maximum absolute atomic E-state index is 13.4. The number of carbonyl (C=O) groups is 4. The van der Waals surface area contributed by atoms with Crippen molar-refractivity contribution in [3.05, 3.63) is 148 Å². The highest BCUT2D eigenvalue weighted by Crippen LogP contribution is 2.37. The van der Waals surface area contributed by atoms with Gasteiger partial charge < -0.3 is 46.5 Å². The number of ether oxygens (including phenoxy) is 3. The smallest absolute Gasteiger partial charge is 0.328 e. The predicted octanol–water partition coefficient (Wildman–Crippen LogP) is 5.66. The first-order valence-corrected chi connectivity index (χ1v) is 22.9. The summed E-state index contributed by atoms with van der Waals surface area (Å²) in [5, 5.41) is 26.5. The normalized spacial score (nSPS) is 13.0. The van der Waals surface area contributed by atoms with Gasteiger partial charge in [-0.15, -0.1) is 0 Å². The molecule has 2 aromatic heterocycles. The molecule has 5 atom stereocenters. The number of aromatic nitrogens is 2. The van der Waals surface area contributed by atoms with E-state index in [0.29, 0.717) is 22.2 Å². The Hall–Kier alpha value is -7.74. The van der Waals surface area contributed by atoms with Crippen LogP contribution in [0.4, 0.5) is 5.82 Å². The number of pyridine rings is 1. The number of nitrogen functional groups attached to an aromatic ring is 1. The topological polar surface area (TPSA) is 285 Å². The number of nitrogens with two attached hydrogens (primary N) is 3. The van der Waals surface area contributed by atoms with Gasteiger partial charge in [0.15, 0.2) is 6.10 Å². The van der Waals surface area contributed by atoms with Gasteiger partial charge in [0.2, 0.25) is 17.7 Å². The molecule has 6 aromatic rings. The monoisotopic (exact) mass is 969 g/mol. The van der Waals surface area contributed by atoms with Crippen LogP contribution in [0.25, 0.3) is 22.6 Å². The van der Waals surface area contributed by atoms with Crippen LogP contribution in [-0.2, 0) is 47.2 Å². The van der Waals surface area contributed by atoms with Crippen molar-refractivity contribution < 1.29 is 37.8 Å². The summed E-state index contributed by atoms with van der Waals surface area (Å²) < 4.78 is 22.8. The lowest BCUT2D eigenvalue weighted by Gasteiger charge is -2.23. The zero-order valence-corrected chi connectivity index (χ0v) is 39.0. The van der Waals surface area contributed by atoms with Crippen molar-refractivity contribution in [1.29, 1.82) is 10.5 Å². The van der Waals surface area contributed by atoms with Crippen LogP contribution >= 0.6 is 23.4 Å². The first kappa shape index (κ1) is 50.7. The Morgan fingerprint density at radius 1 is 0.739 bits per heavy atom. The summed E-state index contributed by atoms with van der Waals surface area (Å²) in [6, 6.07) is 31.7. The fourth-order valence-corrected chi connectivity index (χ4v) is 7.70. The summed E-state index contributed by atoms with van der Waals surface area (Å²) in [6.07, 6.45) is 0.750. The molecule has 354 valence electrons. The number of anilines is 1. The molecule has 0 spiro atoms. The summed E-state index contributed by atoms with van der Waals surface area (Å²) in [5.74, 6) is -2.03. The van der Waals surface area contributed by atoms with E-state index in [-0.39, 0.29) is 58.5 Å². The van der Waals surface area contributed by atoms with E-state index in [1.807, 2.05) is 60.7 Å². The number of halogens is 1. The number of thioether (sulfide) groups is 1. The van der Waals surface area contributed by atoms with Crippen LogP contribution in [0.3, 0.4) is 0 Å². The number of carbonyl (C=O) groups excluding carboxylic acids is 4. The number of rotatable bonds is 21. The third kappa shape index (κ3) is 14.1. The van der Waals surface area contributed by atoms with Gasteiger partial charge in [0.1, 0.15) is 65.9 Å². The number of hydrogen-bond acceptors (Lipinski definition) is 16. The highest BCUT2D eigenvalue weighted by molar-refractivity contribution is 7.98. The third-order valence-corrected chi connectivity index (χ3v) is 11.6. The lowest BCUT2D eigenvalue weighted by atomic mass is 9.97. The van der Waals surface area contributed by atoms with Gasteiger partial charge in [0, 0.05) is 21.9 Å². The van der Waals surface area contributed by atoms with E-state index in [9.17, 15) is 29.7 Å². The molecule has 1 unspecified atom stereocenters. The number of nitriles is 2. The number of esters is 2. The molecule has 0 saturated heterocycles. The van der Waals surface area contributed by atoms with E-state index in [0.717, 1.165) is 16.7 Å². The van der Waals surface area contributed by atoms with Crippen molar-refractivity contribution in [3.8, 4) is 40.5 Å². The zero-order chi connectivity index (χ0) is 49.5. The highest BCUT2D eigenvalue weighted by Gasteiger charge is 2.28. The van der Waals surface area contributed by atoms with Gasteiger partial charge in [-0.1, -0.05) is 96.2 Å². The standard InChI is InChI=1S/C50H48ClN9O8S/c1-29(57-45(61)41(54)21-31-9-5-3-6-10-31)49(63)67-27-38(68-50(64)30(2)58-46(62)42(55)22-32-11-7-4-8-12-32)26-65-37-19-15-33(16-20-37)43-39(23-52)44(56)60-48(40(43)24-53)69-28-36-25-66-47(59-36)34-13-17-35(51)18-14-34/h3-20,25,29-30,38,41-42H,21-22,26-28,54-55H2,1-2H3,(H2,56,60)(H,57,61)(H,58,62)/t29-,30?,38-,41-,42-/m0/s1. The van der Waals surface area contributed by atoms with E-state index in [4.69, 9.17) is 47.4 Å². The molecule has 19 heteroatoms. The second-order valence-electron chi connectivity index (χ2n) is 15.7. The molecule has 2 amide bonds. The fraction of sp³-hybridized carbons (Fsp3) is 0.240. The fourth-order valence-electron chi connectivity index (χ4n) is 6.70. The van der Waals surface area contributed by atoms with Crippen LogP contribution in [0.5, 0.6) is 5.75 Å². The van der Waals surface area contributed by atoms with Gasteiger partial charge in [-0.3, -0.25) is 9.59 Å². The minimum Gasteiger partial charge on any atom is -0.490 e. The Bertz CT molecular complexity index is 2820.